The molecule has 0 radical (unpaired) electrons. The second kappa shape index (κ2) is 6.36. The first-order valence-electron chi connectivity index (χ1n) is 8.80. The Bertz CT molecular complexity index is 608. The van der Waals surface area contributed by atoms with Gasteiger partial charge in [0.1, 0.15) is 11.4 Å². The summed E-state index contributed by atoms with van der Waals surface area (Å²) in [4.78, 5) is 14.3. The normalized spacial score (nSPS) is 23.6. The van der Waals surface area contributed by atoms with Gasteiger partial charge in [-0.05, 0) is 52.5 Å². The van der Waals surface area contributed by atoms with E-state index in [-0.39, 0.29) is 23.5 Å². The molecule has 1 saturated heterocycles. The smallest absolute Gasteiger partial charge is 0.407 e. The number of alkyl carbamates (subject to hydrolysis) is 1. The molecule has 2 aliphatic rings. The number of amides is 1. The van der Waals surface area contributed by atoms with Gasteiger partial charge in [-0.2, -0.15) is 0 Å². The zero-order valence-corrected chi connectivity index (χ0v) is 14.8. The molecule has 3 rings (SSSR count). The molecule has 1 N–H and O–H groups in total. The molecule has 1 amide bonds. The zero-order valence-electron chi connectivity index (χ0n) is 14.8. The van der Waals surface area contributed by atoms with E-state index in [1.54, 1.807) is 12.1 Å². The van der Waals surface area contributed by atoms with E-state index in [0.717, 1.165) is 44.3 Å². The maximum atomic E-state index is 14.3. The Balaban J connectivity index is 1.66. The van der Waals surface area contributed by atoms with Gasteiger partial charge in [0.25, 0.3) is 0 Å². The molecule has 1 aromatic carbocycles. The number of likely N-dealkylation sites (tertiary alicyclic amines) is 1. The van der Waals surface area contributed by atoms with Gasteiger partial charge in [-0.25, -0.2) is 9.18 Å². The topological polar surface area (TPSA) is 41.6 Å². The van der Waals surface area contributed by atoms with Crippen LogP contribution in [0.25, 0.3) is 0 Å². The van der Waals surface area contributed by atoms with Crippen molar-refractivity contribution in [3.05, 3.63) is 35.6 Å². The van der Waals surface area contributed by atoms with E-state index in [1.165, 1.54) is 0 Å². The predicted molar refractivity (Wildman–Crippen MR) is 91.3 cm³/mol. The number of carbonyl (C=O) groups excluding carboxylic acids is 1. The molecular weight excluding hydrogens is 307 g/mol. The Labute approximate surface area is 143 Å². The van der Waals surface area contributed by atoms with Crippen LogP contribution in [0.4, 0.5) is 9.18 Å². The number of hydrogen-bond donors (Lipinski definition) is 1. The number of hydrogen-bond acceptors (Lipinski definition) is 3. The molecule has 24 heavy (non-hydrogen) atoms. The van der Waals surface area contributed by atoms with Crippen LogP contribution in [0, 0.1) is 5.82 Å². The SMILES string of the molecule is CC(C)(C)OC(=O)NC1CCN(C2(c3ccccc3F)CCC2)C1. The Morgan fingerprint density at radius 1 is 1.33 bits per heavy atom. The molecule has 2 fully saturated rings. The molecular formula is C19H27FN2O2. The molecule has 5 heteroatoms. The lowest BCUT2D eigenvalue weighted by Crippen LogP contribution is -2.51. The van der Waals surface area contributed by atoms with Crippen molar-refractivity contribution < 1.29 is 13.9 Å². The Morgan fingerprint density at radius 3 is 2.62 bits per heavy atom. The molecule has 1 unspecified atom stereocenters. The van der Waals surface area contributed by atoms with Gasteiger partial charge >= 0.3 is 6.09 Å². The summed E-state index contributed by atoms with van der Waals surface area (Å²) in [6.45, 7) is 7.18. The Hall–Kier alpha value is -1.62. The third-order valence-corrected chi connectivity index (χ3v) is 5.07. The quantitative estimate of drug-likeness (QED) is 0.914. The van der Waals surface area contributed by atoms with Crippen molar-refractivity contribution in [3.8, 4) is 0 Å². The first-order chi connectivity index (χ1) is 11.3. The molecule has 0 spiro atoms. The minimum atomic E-state index is -0.495. The second-order valence-corrected chi connectivity index (χ2v) is 7.94. The summed E-state index contributed by atoms with van der Waals surface area (Å²) in [5.41, 5.74) is 0.106. The monoisotopic (exact) mass is 334 g/mol. The van der Waals surface area contributed by atoms with Crippen molar-refractivity contribution in [2.75, 3.05) is 13.1 Å². The first-order valence-corrected chi connectivity index (χ1v) is 8.80. The van der Waals surface area contributed by atoms with Gasteiger partial charge in [0, 0.05) is 30.2 Å². The van der Waals surface area contributed by atoms with Gasteiger partial charge < -0.3 is 10.1 Å². The molecule has 1 atom stereocenters. The van der Waals surface area contributed by atoms with Crippen LogP contribution in [-0.4, -0.2) is 35.7 Å². The highest BCUT2D eigenvalue weighted by Gasteiger charge is 2.47. The number of nitrogens with one attached hydrogen (secondary N) is 1. The van der Waals surface area contributed by atoms with Crippen molar-refractivity contribution in [2.24, 2.45) is 0 Å². The fourth-order valence-electron chi connectivity index (χ4n) is 3.85. The van der Waals surface area contributed by atoms with E-state index in [2.05, 4.69) is 10.2 Å². The summed E-state index contributed by atoms with van der Waals surface area (Å²) in [6, 6.07) is 7.15. The standard InChI is InChI=1S/C19H27FN2O2/c1-18(2,3)24-17(23)21-14-9-12-22(13-14)19(10-6-11-19)15-7-4-5-8-16(15)20/h4-5,7-8,14H,6,9-13H2,1-3H3,(H,21,23). The fraction of sp³-hybridized carbons (Fsp3) is 0.632. The molecule has 1 saturated carbocycles. The van der Waals surface area contributed by atoms with Crippen molar-refractivity contribution in [1.29, 1.82) is 0 Å². The maximum absolute atomic E-state index is 14.3. The van der Waals surface area contributed by atoms with Crippen LogP contribution >= 0.6 is 0 Å². The highest BCUT2D eigenvalue weighted by molar-refractivity contribution is 5.68. The number of rotatable bonds is 3. The Morgan fingerprint density at radius 2 is 2.04 bits per heavy atom. The molecule has 1 aliphatic heterocycles. The lowest BCUT2D eigenvalue weighted by Gasteiger charge is -2.49. The Kier molecular flexibility index (Phi) is 4.56. The van der Waals surface area contributed by atoms with Crippen LogP contribution < -0.4 is 5.32 Å². The van der Waals surface area contributed by atoms with Crippen LogP contribution in [-0.2, 0) is 10.3 Å². The minimum Gasteiger partial charge on any atom is -0.444 e. The number of benzene rings is 1. The van der Waals surface area contributed by atoms with Gasteiger partial charge in [0.05, 0.1) is 0 Å². The highest BCUT2D eigenvalue weighted by Crippen LogP contribution is 2.48. The summed E-state index contributed by atoms with van der Waals surface area (Å²) in [5.74, 6) is -0.124. The number of carbonyl (C=O) groups is 1. The van der Waals surface area contributed by atoms with Crippen LogP contribution in [0.1, 0.15) is 52.0 Å². The average Bonchev–Trinajstić information content (AvgIpc) is 2.86. The third-order valence-electron chi connectivity index (χ3n) is 5.07. The minimum absolute atomic E-state index is 0.0594. The van der Waals surface area contributed by atoms with Crippen LogP contribution in [0.15, 0.2) is 24.3 Å². The summed E-state index contributed by atoms with van der Waals surface area (Å²) >= 11 is 0. The summed E-state index contributed by atoms with van der Waals surface area (Å²) in [7, 11) is 0. The van der Waals surface area contributed by atoms with Gasteiger partial charge in [0.15, 0.2) is 0 Å². The molecule has 1 aromatic rings. The molecule has 1 aliphatic carbocycles. The largest absolute Gasteiger partial charge is 0.444 e. The van der Waals surface area contributed by atoms with Crippen LogP contribution in [0.5, 0.6) is 0 Å². The van der Waals surface area contributed by atoms with E-state index >= 15 is 0 Å². The molecule has 0 bridgehead atoms. The van der Waals surface area contributed by atoms with Gasteiger partial charge in [-0.1, -0.05) is 18.2 Å². The second-order valence-electron chi connectivity index (χ2n) is 7.94. The van der Waals surface area contributed by atoms with Crippen molar-refractivity contribution in [3.63, 3.8) is 0 Å². The number of ether oxygens (including phenoxy) is 1. The number of halogens is 1. The fourth-order valence-corrected chi connectivity index (χ4v) is 3.85. The summed E-state index contributed by atoms with van der Waals surface area (Å²) in [6.07, 6.45) is 3.58. The lowest BCUT2D eigenvalue weighted by molar-refractivity contribution is 0.0252. The van der Waals surface area contributed by atoms with Crippen molar-refractivity contribution in [1.82, 2.24) is 10.2 Å². The van der Waals surface area contributed by atoms with Crippen molar-refractivity contribution >= 4 is 6.09 Å². The van der Waals surface area contributed by atoms with E-state index in [9.17, 15) is 9.18 Å². The number of nitrogens with zero attached hydrogens (tertiary/aromatic N) is 1. The van der Waals surface area contributed by atoms with E-state index in [1.807, 2.05) is 32.9 Å². The molecule has 1 heterocycles. The van der Waals surface area contributed by atoms with Gasteiger partial charge in [-0.3, -0.25) is 4.90 Å². The first kappa shape index (κ1) is 17.2. The molecule has 132 valence electrons. The summed E-state index contributed by atoms with van der Waals surface area (Å²) < 4.78 is 19.7. The molecule has 0 aromatic heterocycles. The van der Waals surface area contributed by atoms with Crippen LogP contribution in [0.2, 0.25) is 0 Å². The van der Waals surface area contributed by atoms with Gasteiger partial charge in [0.2, 0.25) is 0 Å². The van der Waals surface area contributed by atoms with Gasteiger partial charge in [-0.15, -0.1) is 0 Å². The predicted octanol–water partition coefficient (Wildman–Crippen LogP) is 3.80. The average molecular weight is 334 g/mol. The lowest BCUT2D eigenvalue weighted by atomic mass is 9.70. The highest BCUT2D eigenvalue weighted by atomic mass is 19.1. The third kappa shape index (κ3) is 3.41. The van der Waals surface area contributed by atoms with Crippen LogP contribution in [0.3, 0.4) is 0 Å². The molecule has 4 nitrogen and oxygen atoms in total. The summed E-state index contributed by atoms with van der Waals surface area (Å²) in [5, 5.41) is 2.96. The van der Waals surface area contributed by atoms with E-state index in [4.69, 9.17) is 4.74 Å². The zero-order chi connectivity index (χ0) is 17.4. The maximum Gasteiger partial charge on any atom is 0.407 e. The van der Waals surface area contributed by atoms with E-state index in [0.29, 0.717) is 0 Å². The van der Waals surface area contributed by atoms with Crippen molar-refractivity contribution in [2.45, 2.75) is 63.6 Å². The van der Waals surface area contributed by atoms with E-state index < -0.39 is 5.60 Å².